The third-order valence-electron chi connectivity index (χ3n) is 4.92. The molecule has 0 saturated carbocycles. The van der Waals surface area contributed by atoms with E-state index in [1.165, 1.54) is 0 Å². The van der Waals surface area contributed by atoms with Gasteiger partial charge in [0.1, 0.15) is 5.75 Å². The molecule has 0 aliphatic carbocycles. The molecular weight excluding hydrogens is 366 g/mol. The van der Waals surface area contributed by atoms with Gasteiger partial charge < -0.3 is 25.6 Å². The number of nitrogens with zero attached hydrogens (tertiary/aromatic N) is 2. The topological polar surface area (TPSA) is 78.0 Å². The molecule has 1 heterocycles. The first kappa shape index (κ1) is 20.5. The number of anilines is 1. The van der Waals surface area contributed by atoms with Gasteiger partial charge in [-0.25, -0.2) is 0 Å². The van der Waals surface area contributed by atoms with Gasteiger partial charge in [0.15, 0.2) is 5.96 Å². The molecule has 1 amide bonds. The maximum Gasteiger partial charge on any atom is 0.251 e. The summed E-state index contributed by atoms with van der Waals surface area (Å²) >= 11 is 0. The Morgan fingerprint density at radius 1 is 1.10 bits per heavy atom. The number of hydrogen-bond donors (Lipinski definition) is 3. The van der Waals surface area contributed by atoms with Crippen molar-refractivity contribution >= 4 is 17.6 Å². The minimum atomic E-state index is -0.0708. The maximum absolute atomic E-state index is 12.1. The van der Waals surface area contributed by atoms with Crippen molar-refractivity contribution in [2.45, 2.75) is 12.5 Å². The molecule has 0 aromatic heterocycles. The van der Waals surface area contributed by atoms with E-state index in [4.69, 9.17) is 4.74 Å². The lowest BCUT2D eigenvalue weighted by molar-refractivity contribution is 0.0954. The molecule has 154 valence electrons. The Hall–Kier alpha value is -3.22. The van der Waals surface area contributed by atoms with E-state index in [1.54, 1.807) is 26.3 Å². The third kappa shape index (κ3) is 5.63. The highest BCUT2D eigenvalue weighted by Crippen LogP contribution is 2.30. The Balaban J connectivity index is 1.42. The molecule has 1 fully saturated rings. The van der Waals surface area contributed by atoms with Gasteiger partial charge in [-0.15, -0.1) is 0 Å². The highest BCUT2D eigenvalue weighted by molar-refractivity contribution is 5.94. The molecule has 0 spiro atoms. The van der Waals surface area contributed by atoms with Crippen LogP contribution in [0.1, 0.15) is 16.8 Å². The number of aliphatic imine (C=N–C) groups is 1. The zero-order valence-electron chi connectivity index (χ0n) is 17.0. The van der Waals surface area contributed by atoms with E-state index in [2.05, 4.69) is 31.9 Å². The monoisotopic (exact) mass is 395 g/mol. The van der Waals surface area contributed by atoms with E-state index < -0.39 is 0 Å². The summed E-state index contributed by atoms with van der Waals surface area (Å²) in [5.74, 6) is 1.56. The van der Waals surface area contributed by atoms with Crippen LogP contribution in [0.2, 0.25) is 0 Å². The molecule has 1 atom stereocenters. The number of methoxy groups -OCH3 is 1. The lowest BCUT2D eigenvalue weighted by Crippen LogP contribution is -2.46. The van der Waals surface area contributed by atoms with Crippen molar-refractivity contribution in [1.29, 1.82) is 0 Å². The molecule has 2 aromatic rings. The second-order valence-corrected chi connectivity index (χ2v) is 6.87. The van der Waals surface area contributed by atoms with Crippen molar-refractivity contribution in [2.24, 2.45) is 4.99 Å². The van der Waals surface area contributed by atoms with Crippen molar-refractivity contribution in [2.75, 3.05) is 45.2 Å². The van der Waals surface area contributed by atoms with Gasteiger partial charge in [0.05, 0.1) is 12.8 Å². The van der Waals surface area contributed by atoms with Crippen molar-refractivity contribution in [1.82, 2.24) is 16.0 Å². The summed E-state index contributed by atoms with van der Waals surface area (Å²) in [5, 5.41) is 9.63. The largest absolute Gasteiger partial charge is 0.495 e. The van der Waals surface area contributed by atoms with Crippen molar-refractivity contribution in [3.05, 3.63) is 60.2 Å². The SMILES string of the molecule is CN=C(NCCNC(=O)c1ccccc1)NC1CCN(c2ccccc2OC)C1. The van der Waals surface area contributed by atoms with Gasteiger partial charge in [0.2, 0.25) is 0 Å². The maximum atomic E-state index is 12.1. The van der Waals surface area contributed by atoms with E-state index in [1.807, 2.05) is 36.4 Å². The lowest BCUT2D eigenvalue weighted by Gasteiger charge is -2.22. The minimum absolute atomic E-state index is 0.0708. The number of carbonyl (C=O) groups excluding carboxylic acids is 1. The van der Waals surface area contributed by atoms with Crippen LogP contribution in [0.15, 0.2) is 59.6 Å². The summed E-state index contributed by atoms with van der Waals surface area (Å²) < 4.78 is 5.48. The van der Waals surface area contributed by atoms with Crippen LogP contribution in [0.5, 0.6) is 5.75 Å². The Bertz CT molecular complexity index is 825. The van der Waals surface area contributed by atoms with Gasteiger partial charge in [-0.1, -0.05) is 30.3 Å². The number of nitrogens with one attached hydrogen (secondary N) is 3. The van der Waals surface area contributed by atoms with E-state index in [-0.39, 0.29) is 5.91 Å². The second kappa shape index (κ2) is 10.4. The average molecular weight is 396 g/mol. The number of carbonyl (C=O) groups is 1. The summed E-state index contributed by atoms with van der Waals surface area (Å²) in [5.41, 5.74) is 1.78. The molecule has 1 aliphatic rings. The standard InChI is InChI=1S/C22H29N5O2/c1-23-22(25-14-13-24-21(28)17-8-4-3-5-9-17)26-18-12-15-27(16-18)19-10-6-7-11-20(19)29-2/h3-11,18H,12-16H2,1-2H3,(H,24,28)(H2,23,25,26). The first-order valence-corrected chi connectivity index (χ1v) is 9.89. The first-order chi connectivity index (χ1) is 14.2. The van der Waals surface area contributed by atoms with Crippen LogP contribution in [0.4, 0.5) is 5.69 Å². The Morgan fingerprint density at radius 3 is 2.59 bits per heavy atom. The number of para-hydroxylation sites is 2. The Labute approximate surface area is 172 Å². The fourth-order valence-corrected chi connectivity index (χ4v) is 3.42. The highest BCUT2D eigenvalue weighted by Gasteiger charge is 2.25. The van der Waals surface area contributed by atoms with Crippen molar-refractivity contribution in [3.8, 4) is 5.75 Å². The second-order valence-electron chi connectivity index (χ2n) is 6.87. The lowest BCUT2D eigenvalue weighted by atomic mass is 10.2. The number of amides is 1. The molecule has 3 N–H and O–H groups in total. The molecular formula is C22H29N5O2. The normalized spacial score (nSPS) is 16.4. The predicted octanol–water partition coefficient (Wildman–Crippen LogP) is 1.87. The molecule has 0 radical (unpaired) electrons. The smallest absolute Gasteiger partial charge is 0.251 e. The van der Waals surface area contributed by atoms with Gasteiger partial charge in [0.25, 0.3) is 5.91 Å². The van der Waals surface area contributed by atoms with Crippen LogP contribution in [-0.4, -0.2) is 58.2 Å². The van der Waals surface area contributed by atoms with E-state index in [9.17, 15) is 4.79 Å². The average Bonchev–Trinajstić information content (AvgIpc) is 3.24. The molecule has 1 saturated heterocycles. The first-order valence-electron chi connectivity index (χ1n) is 9.89. The molecule has 7 heteroatoms. The van der Waals surface area contributed by atoms with Crippen LogP contribution >= 0.6 is 0 Å². The summed E-state index contributed by atoms with van der Waals surface area (Å²) in [6.45, 7) is 2.96. The predicted molar refractivity (Wildman–Crippen MR) is 117 cm³/mol. The number of benzene rings is 2. The number of ether oxygens (including phenoxy) is 1. The quantitative estimate of drug-likeness (QED) is 0.379. The van der Waals surface area contributed by atoms with Gasteiger partial charge in [-0.05, 0) is 30.7 Å². The molecule has 7 nitrogen and oxygen atoms in total. The summed E-state index contributed by atoms with van der Waals surface area (Å²) in [4.78, 5) is 18.7. The molecule has 29 heavy (non-hydrogen) atoms. The minimum Gasteiger partial charge on any atom is -0.495 e. The third-order valence-corrected chi connectivity index (χ3v) is 4.92. The van der Waals surface area contributed by atoms with Gasteiger partial charge in [0, 0.05) is 44.8 Å². The number of guanidine groups is 1. The summed E-state index contributed by atoms with van der Waals surface area (Å²) in [6.07, 6.45) is 1.02. The van der Waals surface area contributed by atoms with Crippen LogP contribution in [0.3, 0.4) is 0 Å². The van der Waals surface area contributed by atoms with E-state index in [0.717, 1.165) is 36.9 Å². The van der Waals surface area contributed by atoms with E-state index in [0.29, 0.717) is 24.7 Å². The zero-order valence-corrected chi connectivity index (χ0v) is 17.0. The van der Waals surface area contributed by atoms with E-state index >= 15 is 0 Å². The van der Waals surface area contributed by atoms with Crippen LogP contribution in [0, 0.1) is 0 Å². The fourth-order valence-electron chi connectivity index (χ4n) is 3.42. The van der Waals surface area contributed by atoms with Crippen LogP contribution < -0.4 is 25.6 Å². The van der Waals surface area contributed by atoms with Crippen molar-refractivity contribution in [3.63, 3.8) is 0 Å². The van der Waals surface area contributed by atoms with Gasteiger partial charge in [-0.3, -0.25) is 9.79 Å². The Kier molecular flexibility index (Phi) is 7.33. The molecule has 2 aromatic carbocycles. The zero-order chi connectivity index (χ0) is 20.5. The Morgan fingerprint density at radius 2 is 1.83 bits per heavy atom. The van der Waals surface area contributed by atoms with Crippen LogP contribution in [0.25, 0.3) is 0 Å². The fraction of sp³-hybridized carbons (Fsp3) is 0.364. The van der Waals surface area contributed by atoms with Gasteiger partial charge in [-0.2, -0.15) is 0 Å². The summed E-state index contributed by atoms with van der Waals surface area (Å²) in [6, 6.07) is 17.6. The van der Waals surface area contributed by atoms with Crippen molar-refractivity contribution < 1.29 is 9.53 Å². The van der Waals surface area contributed by atoms with Gasteiger partial charge >= 0.3 is 0 Å². The molecule has 1 unspecified atom stereocenters. The molecule has 0 bridgehead atoms. The highest BCUT2D eigenvalue weighted by atomic mass is 16.5. The number of rotatable bonds is 7. The number of hydrogen-bond acceptors (Lipinski definition) is 4. The molecule has 3 rings (SSSR count). The van der Waals surface area contributed by atoms with Crippen LogP contribution in [-0.2, 0) is 0 Å². The summed E-state index contributed by atoms with van der Waals surface area (Å²) in [7, 11) is 3.46. The molecule has 1 aliphatic heterocycles.